The highest BCUT2D eigenvalue weighted by Crippen LogP contribution is 2.22. The molecule has 1 atom stereocenters. The molecule has 0 aromatic carbocycles. The highest BCUT2D eigenvalue weighted by molar-refractivity contribution is 5.87. The number of nitrogens with zero attached hydrogens (tertiary/aromatic N) is 1. The first-order valence-electron chi connectivity index (χ1n) is 6.35. The van der Waals surface area contributed by atoms with Crippen molar-refractivity contribution in [3.05, 3.63) is 0 Å². The maximum Gasteiger partial charge on any atom is 0.152 e. The Morgan fingerprint density at radius 1 is 1.13 bits per heavy atom. The van der Waals surface area contributed by atoms with E-state index in [-0.39, 0.29) is 5.54 Å². The van der Waals surface area contributed by atoms with Crippen LogP contribution < -0.4 is 0 Å². The topological polar surface area (TPSA) is 20.3 Å². The zero-order valence-corrected chi connectivity index (χ0v) is 11.1. The molecule has 15 heavy (non-hydrogen) atoms. The van der Waals surface area contributed by atoms with Crippen LogP contribution >= 0.6 is 0 Å². The Morgan fingerprint density at radius 2 is 1.67 bits per heavy atom. The molecule has 0 spiro atoms. The average molecular weight is 213 g/mol. The lowest BCUT2D eigenvalue weighted by Gasteiger charge is -2.38. The summed E-state index contributed by atoms with van der Waals surface area (Å²) < 4.78 is 0. The van der Waals surface area contributed by atoms with Crippen molar-refractivity contribution in [3.63, 3.8) is 0 Å². The third-order valence-corrected chi connectivity index (χ3v) is 3.51. The molecular weight excluding hydrogens is 186 g/mol. The fourth-order valence-corrected chi connectivity index (χ4v) is 2.13. The minimum absolute atomic E-state index is 0.237. The summed E-state index contributed by atoms with van der Waals surface area (Å²) in [5.41, 5.74) is -0.237. The van der Waals surface area contributed by atoms with Crippen molar-refractivity contribution in [3.8, 4) is 0 Å². The number of unbranched alkanes of at least 4 members (excludes halogenated alkanes) is 1. The van der Waals surface area contributed by atoms with E-state index in [1.54, 1.807) is 0 Å². The van der Waals surface area contributed by atoms with E-state index in [2.05, 4.69) is 39.5 Å². The maximum absolute atomic E-state index is 12.2. The number of Topliss-reactive ketones (excluding diaryl/α,β-unsaturated/α-hetero) is 1. The first kappa shape index (κ1) is 14.6. The third-order valence-electron chi connectivity index (χ3n) is 3.51. The second kappa shape index (κ2) is 7.00. The summed E-state index contributed by atoms with van der Waals surface area (Å²) in [6.45, 7) is 12.5. The van der Waals surface area contributed by atoms with Gasteiger partial charge < -0.3 is 0 Å². The molecule has 0 aromatic heterocycles. The molecule has 0 radical (unpaired) electrons. The molecule has 0 aliphatic rings. The molecule has 0 rings (SSSR count). The number of hydrogen-bond donors (Lipinski definition) is 0. The van der Waals surface area contributed by atoms with Crippen molar-refractivity contribution in [1.29, 1.82) is 0 Å². The second-order valence-corrected chi connectivity index (χ2v) is 4.33. The highest BCUT2D eigenvalue weighted by Gasteiger charge is 2.34. The van der Waals surface area contributed by atoms with Crippen molar-refractivity contribution in [2.45, 2.75) is 65.8 Å². The van der Waals surface area contributed by atoms with Gasteiger partial charge in [0.2, 0.25) is 0 Å². The minimum Gasteiger partial charge on any atom is -0.298 e. The Hall–Kier alpha value is -0.370. The normalized spacial score (nSPS) is 15.3. The number of hydrogen-bond acceptors (Lipinski definition) is 2. The van der Waals surface area contributed by atoms with Crippen LogP contribution in [0.4, 0.5) is 0 Å². The van der Waals surface area contributed by atoms with Gasteiger partial charge >= 0.3 is 0 Å². The molecule has 0 N–H and O–H groups in total. The molecular formula is C13H27NO. The van der Waals surface area contributed by atoms with Gasteiger partial charge in [0.05, 0.1) is 5.54 Å². The Kier molecular flexibility index (Phi) is 6.82. The Labute approximate surface area is 95.0 Å². The monoisotopic (exact) mass is 213 g/mol. The predicted molar refractivity (Wildman–Crippen MR) is 66.1 cm³/mol. The molecule has 2 heteroatoms. The molecule has 0 amide bonds. The van der Waals surface area contributed by atoms with Gasteiger partial charge in [-0.3, -0.25) is 9.69 Å². The zero-order chi connectivity index (χ0) is 11.9. The van der Waals surface area contributed by atoms with E-state index in [9.17, 15) is 4.79 Å². The van der Waals surface area contributed by atoms with E-state index in [0.717, 1.165) is 38.8 Å². The summed E-state index contributed by atoms with van der Waals surface area (Å²) in [5.74, 6) is 0.413. The van der Waals surface area contributed by atoms with E-state index in [4.69, 9.17) is 0 Å². The predicted octanol–water partition coefficient (Wildman–Crippen LogP) is 3.26. The summed E-state index contributed by atoms with van der Waals surface area (Å²) in [7, 11) is 0. The molecule has 0 saturated carbocycles. The van der Waals surface area contributed by atoms with E-state index in [0.29, 0.717) is 5.78 Å². The van der Waals surface area contributed by atoms with Gasteiger partial charge in [-0.05, 0) is 32.9 Å². The van der Waals surface area contributed by atoms with Crippen LogP contribution in [0.3, 0.4) is 0 Å². The molecule has 90 valence electrons. The molecule has 1 unspecified atom stereocenters. The molecule has 0 aliphatic heterocycles. The van der Waals surface area contributed by atoms with E-state index in [1.165, 1.54) is 0 Å². The third kappa shape index (κ3) is 3.60. The fourth-order valence-electron chi connectivity index (χ4n) is 2.13. The van der Waals surface area contributed by atoms with Crippen molar-refractivity contribution in [2.24, 2.45) is 0 Å². The minimum atomic E-state index is -0.237. The van der Waals surface area contributed by atoms with Gasteiger partial charge in [0.1, 0.15) is 0 Å². The SMILES string of the molecule is CCCCC(=O)C(C)(CC)N(CC)CC. The number of carbonyl (C=O) groups excluding carboxylic acids is 1. The zero-order valence-electron chi connectivity index (χ0n) is 11.1. The Balaban J connectivity index is 4.58. The van der Waals surface area contributed by atoms with Crippen LogP contribution in [0, 0.1) is 0 Å². The maximum atomic E-state index is 12.2. The molecule has 2 nitrogen and oxygen atoms in total. The van der Waals surface area contributed by atoms with Gasteiger partial charge in [0.15, 0.2) is 5.78 Å². The van der Waals surface area contributed by atoms with Gasteiger partial charge in [-0.1, -0.05) is 34.1 Å². The van der Waals surface area contributed by atoms with Gasteiger partial charge in [-0.25, -0.2) is 0 Å². The lowest BCUT2D eigenvalue weighted by molar-refractivity contribution is -0.130. The van der Waals surface area contributed by atoms with Gasteiger partial charge in [-0.15, -0.1) is 0 Å². The molecule has 0 fully saturated rings. The van der Waals surface area contributed by atoms with Gasteiger partial charge in [0.25, 0.3) is 0 Å². The van der Waals surface area contributed by atoms with E-state index >= 15 is 0 Å². The Morgan fingerprint density at radius 3 is 2.00 bits per heavy atom. The molecule has 0 bridgehead atoms. The van der Waals surface area contributed by atoms with Crippen LogP contribution in [0.15, 0.2) is 0 Å². The number of rotatable bonds is 8. The highest BCUT2D eigenvalue weighted by atomic mass is 16.1. The number of ketones is 1. The van der Waals surface area contributed by atoms with Crippen LogP contribution in [0.1, 0.15) is 60.3 Å². The van der Waals surface area contributed by atoms with Crippen LogP contribution in [0.5, 0.6) is 0 Å². The Bertz CT molecular complexity index is 187. The lowest BCUT2D eigenvalue weighted by atomic mass is 9.88. The van der Waals surface area contributed by atoms with Gasteiger partial charge in [0, 0.05) is 6.42 Å². The average Bonchev–Trinajstić information content (AvgIpc) is 2.26. The number of carbonyl (C=O) groups is 1. The summed E-state index contributed by atoms with van der Waals surface area (Å²) in [5, 5.41) is 0. The van der Waals surface area contributed by atoms with Crippen molar-refractivity contribution in [2.75, 3.05) is 13.1 Å². The van der Waals surface area contributed by atoms with Crippen molar-refractivity contribution < 1.29 is 4.79 Å². The summed E-state index contributed by atoms with van der Waals surface area (Å²) in [6, 6.07) is 0. The van der Waals surface area contributed by atoms with E-state index in [1.807, 2.05) is 0 Å². The van der Waals surface area contributed by atoms with Crippen LogP contribution in [-0.2, 0) is 4.79 Å². The molecule has 0 aliphatic carbocycles. The standard InChI is InChI=1S/C13H27NO/c1-6-10-11-12(15)13(5,7-2)14(8-3)9-4/h6-11H2,1-5H3. The molecule has 0 heterocycles. The van der Waals surface area contributed by atoms with Crippen LogP contribution in [0.25, 0.3) is 0 Å². The van der Waals surface area contributed by atoms with Crippen molar-refractivity contribution >= 4 is 5.78 Å². The van der Waals surface area contributed by atoms with E-state index < -0.39 is 0 Å². The van der Waals surface area contributed by atoms with Crippen LogP contribution in [0.2, 0.25) is 0 Å². The van der Waals surface area contributed by atoms with Gasteiger partial charge in [-0.2, -0.15) is 0 Å². The molecule has 0 saturated heterocycles. The summed E-state index contributed by atoms with van der Waals surface area (Å²) in [4.78, 5) is 14.5. The second-order valence-electron chi connectivity index (χ2n) is 4.33. The number of likely N-dealkylation sites (N-methyl/N-ethyl adjacent to an activating group) is 1. The first-order valence-corrected chi connectivity index (χ1v) is 6.35. The first-order chi connectivity index (χ1) is 7.06. The largest absolute Gasteiger partial charge is 0.298 e. The quantitative estimate of drug-likeness (QED) is 0.617. The fraction of sp³-hybridized carbons (Fsp3) is 0.923. The lowest BCUT2D eigenvalue weighted by Crippen LogP contribution is -2.51. The van der Waals surface area contributed by atoms with Crippen molar-refractivity contribution in [1.82, 2.24) is 4.90 Å². The molecule has 0 aromatic rings. The summed E-state index contributed by atoms with van der Waals surface area (Å²) in [6.07, 6.45) is 3.77. The summed E-state index contributed by atoms with van der Waals surface area (Å²) >= 11 is 0. The van der Waals surface area contributed by atoms with Crippen LogP contribution in [-0.4, -0.2) is 29.3 Å². The smallest absolute Gasteiger partial charge is 0.152 e.